The van der Waals surface area contributed by atoms with E-state index in [0.717, 1.165) is 41.5 Å². The third-order valence-electron chi connectivity index (χ3n) is 5.76. The fourth-order valence-corrected chi connectivity index (χ4v) is 5.25. The fraction of sp³-hybridized carbons (Fsp3) is 0.440. The molecule has 0 aliphatic heterocycles. The van der Waals surface area contributed by atoms with E-state index in [2.05, 4.69) is 33.4 Å². The maximum Gasteiger partial charge on any atom is 0.243 e. The molecular formula is C25H30BrClN2O2S. The molecule has 2 amide bonds. The highest BCUT2D eigenvalue weighted by molar-refractivity contribution is 9.10. The number of benzene rings is 2. The van der Waals surface area contributed by atoms with Gasteiger partial charge in [-0.15, -0.1) is 11.8 Å². The van der Waals surface area contributed by atoms with Crippen molar-refractivity contribution >= 4 is 51.1 Å². The van der Waals surface area contributed by atoms with E-state index in [1.54, 1.807) is 16.7 Å². The van der Waals surface area contributed by atoms with Crippen molar-refractivity contribution in [2.75, 3.05) is 5.75 Å². The highest BCUT2D eigenvalue weighted by atomic mass is 79.9. The summed E-state index contributed by atoms with van der Waals surface area (Å²) in [4.78, 5) is 28.1. The molecule has 1 fully saturated rings. The number of halogens is 2. The maximum atomic E-state index is 13.3. The van der Waals surface area contributed by atoms with Crippen molar-refractivity contribution in [3.8, 4) is 0 Å². The summed E-state index contributed by atoms with van der Waals surface area (Å²) >= 11 is 11.1. The molecule has 172 valence electrons. The highest BCUT2D eigenvalue weighted by Crippen LogP contribution is 2.21. The average molecular weight is 538 g/mol. The van der Waals surface area contributed by atoms with Gasteiger partial charge in [0.05, 0.1) is 5.75 Å². The molecule has 1 atom stereocenters. The monoisotopic (exact) mass is 536 g/mol. The van der Waals surface area contributed by atoms with Gasteiger partial charge in [-0.1, -0.05) is 71.6 Å². The number of carbonyl (C=O) groups excluding carboxylic acids is 2. The van der Waals surface area contributed by atoms with Crippen molar-refractivity contribution in [3.63, 3.8) is 0 Å². The van der Waals surface area contributed by atoms with Crippen LogP contribution in [0.3, 0.4) is 0 Å². The Labute approximate surface area is 208 Å². The van der Waals surface area contributed by atoms with Crippen LogP contribution in [0.15, 0.2) is 53.0 Å². The van der Waals surface area contributed by atoms with E-state index in [4.69, 9.17) is 11.6 Å². The molecule has 0 aromatic heterocycles. The number of nitrogens with zero attached hydrogens (tertiary/aromatic N) is 1. The van der Waals surface area contributed by atoms with E-state index in [1.807, 2.05) is 43.3 Å². The number of carbonyl (C=O) groups is 2. The molecule has 1 saturated carbocycles. The predicted molar refractivity (Wildman–Crippen MR) is 137 cm³/mol. The third-order valence-corrected chi connectivity index (χ3v) is 7.53. The van der Waals surface area contributed by atoms with Crippen molar-refractivity contribution in [2.45, 2.75) is 63.4 Å². The summed E-state index contributed by atoms with van der Waals surface area (Å²) in [5.41, 5.74) is 2.13. The molecule has 32 heavy (non-hydrogen) atoms. The van der Waals surface area contributed by atoms with Crippen LogP contribution in [0.25, 0.3) is 0 Å². The molecule has 1 N–H and O–H groups in total. The Morgan fingerprint density at radius 2 is 1.72 bits per heavy atom. The smallest absolute Gasteiger partial charge is 0.243 e. The molecule has 0 bridgehead atoms. The van der Waals surface area contributed by atoms with Crippen molar-refractivity contribution in [3.05, 3.63) is 69.2 Å². The first-order chi connectivity index (χ1) is 15.5. The predicted octanol–water partition coefficient (Wildman–Crippen LogP) is 6.20. The van der Waals surface area contributed by atoms with Crippen molar-refractivity contribution < 1.29 is 9.59 Å². The summed E-state index contributed by atoms with van der Waals surface area (Å²) in [5, 5.41) is 3.84. The largest absolute Gasteiger partial charge is 0.352 e. The second-order valence-electron chi connectivity index (χ2n) is 8.18. The minimum Gasteiger partial charge on any atom is -0.352 e. The Bertz CT molecular complexity index is 886. The molecular weight excluding hydrogens is 508 g/mol. The maximum absolute atomic E-state index is 13.3. The second kappa shape index (κ2) is 12.7. The van der Waals surface area contributed by atoms with Crippen molar-refractivity contribution in [1.29, 1.82) is 0 Å². The Morgan fingerprint density at radius 3 is 2.34 bits per heavy atom. The van der Waals surface area contributed by atoms with Gasteiger partial charge in [0.2, 0.25) is 11.8 Å². The first kappa shape index (κ1) is 25.1. The molecule has 2 aromatic rings. The van der Waals surface area contributed by atoms with E-state index in [0.29, 0.717) is 23.7 Å². The highest BCUT2D eigenvalue weighted by Gasteiger charge is 2.30. The molecule has 1 aliphatic rings. The summed E-state index contributed by atoms with van der Waals surface area (Å²) < 4.78 is 1.04. The Morgan fingerprint density at radius 1 is 1.09 bits per heavy atom. The first-order valence-corrected chi connectivity index (χ1v) is 13.4. The van der Waals surface area contributed by atoms with Gasteiger partial charge < -0.3 is 10.2 Å². The minimum atomic E-state index is -0.480. The van der Waals surface area contributed by atoms with E-state index >= 15 is 0 Å². The molecule has 0 unspecified atom stereocenters. The van der Waals surface area contributed by atoms with Crippen LogP contribution in [-0.4, -0.2) is 34.6 Å². The summed E-state index contributed by atoms with van der Waals surface area (Å²) in [6, 6.07) is 15.3. The average Bonchev–Trinajstić information content (AvgIpc) is 3.29. The lowest BCUT2D eigenvalue weighted by Gasteiger charge is -2.31. The van der Waals surface area contributed by atoms with Gasteiger partial charge in [0.15, 0.2) is 0 Å². The summed E-state index contributed by atoms with van der Waals surface area (Å²) in [6.07, 6.45) is 4.94. The molecule has 7 heteroatoms. The van der Waals surface area contributed by atoms with Crippen molar-refractivity contribution in [2.24, 2.45) is 0 Å². The summed E-state index contributed by atoms with van der Waals surface area (Å²) in [5.74, 6) is 1.02. The van der Waals surface area contributed by atoms with Gasteiger partial charge in [-0.05, 0) is 54.7 Å². The number of thioether (sulfide) groups is 1. The van der Waals surface area contributed by atoms with Gasteiger partial charge in [0.1, 0.15) is 6.04 Å². The number of hydrogen-bond acceptors (Lipinski definition) is 3. The van der Waals surface area contributed by atoms with Crippen LogP contribution in [0.5, 0.6) is 0 Å². The van der Waals surface area contributed by atoms with Crippen LogP contribution in [-0.2, 0) is 21.9 Å². The Balaban J connectivity index is 1.68. The quantitative estimate of drug-likeness (QED) is 0.392. The fourth-order valence-electron chi connectivity index (χ4n) is 3.99. The Kier molecular flexibility index (Phi) is 9.94. The van der Waals surface area contributed by atoms with Crippen LogP contribution in [0.4, 0.5) is 0 Å². The van der Waals surface area contributed by atoms with Gasteiger partial charge in [-0.3, -0.25) is 9.59 Å². The number of nitrogens with one attached hydrogen (secondary N) is 1. The van der Waals surface area contributed by atoms with E-state index in [9.17, 15) is 9.59 Å². The van der Waals surface area contributed by atoms with E-state index < -0.39 is 6.04 Å². The van der Waals surface area contributed by atoms with Crippen LogP contribution in [0.1, 0.15) is 50.2 Å². The Hall–Kier alpha value is -1.50. The van der Waals surface area contributed by atoms with Crippen LogP contribution < -0.4 is 5.32 Å². The van der Waals surface area contributed by atoms with E-state index in [1.165, 1.54) is 5.56 Å². The zero-order valence-corrected chi connectivity index (χ0v) is 21.5. The summed E-state index contributed by atoms with van der Waals surface area (Å²) in [6.45, 7) is 2.36. The van der Waals surface area contributed by atoms with E-state index in [-0.39, 0.29) is 17.9 Å². The molecule has 2 aromatic carbocycles. The van der Waals surface area contributed by atoms with Crippen molar-refractivity contribution in [1.82, 2.24) is 10.2 Å². The zero-order chi connectivity index (χ0) is 22.9. The molecule has 0 saturated heterocycles. The topological polar surface area (TPSA) is 49.4 Å². The lowest BCUT2D eigenvalue weighted by molar-refractivity contribution is -0.139. The van der Waals surface area contributed by atoms with Gasteiger partial charge >= 0.3 is 0 Å². The standard InChI is InChI=1S/C25H30BrClN2O2S/c1-2-23(25(31)28-22-5-3-4-6-22)29(15-18-9-13-21(27)14-10-18)24(30)17-32-16-19-7-11-20(26)12-8-19/h7-14,22-23H,2-6,15-17H2,1H3,(H,28,31)/t23-/m0/s1. The molecule has 1 aliphatic carbocycles. The second-order valence-corrected chi connectivity index (χ2v) is 10.5. The van der Waals surface area contributed by atoms with Crippen LogP contribution >= 0.6 is 39.3 Å². The number of rotatable bonds is 10. The van der Waals surface area contributed by atoms with Gasteiger partial charge in [0, 0.05) is 27.8 Å². The summed E-state index contributed by atoms with van der Waals surface area (Å²) in [7, 11) is 0. The number of amides is 2. The number of hydrogen-bond donors (Lipinski definition) is 1. The molecule has 0 spiro atoms. The lowest BCUT2D eigenvalue weighted by atomic mass is 10.1. The molecule has 3 rings (SSSR count). The van der Waals surface area contributed by atoms with Gasteiger partial charge in [-0.2, -0.15) is 0 Å². The van der Waals surface area contributed by atoms with Crippen LogP contribution in [0, 0.1) is 0 Å². The first-order valence-electron chi connectivity index (χ1n) is 11.1. The minimum absolute atomic E-state index is 0.0181. The molecule has 0 heterocycles. The third kappa shape index (κ3) is 7.53. The van der Waals surface area contributed by atoms with Gasteiger partial charge in [0.25, 0.3) is 0 Å². The van der Waals surface area contributed by atoms with Gasteiger partial charge in [-0.25, -0.2) is 0 Å². The van der Waals surface area contributed by atoms with Crippen LogP contribution in [0.2, 0.25) is 5.02 Å². The zero-order valence-electron chi connectivity index (χ0n) is 18.4. The molecule has 4 nitrogen and oxygen atoms in total. The SMILES string of the molecule is CC[C@@H](C(=O)NC1CCCC1)N(Cc1ccc(Cl)cc1)C(=O)CSCc1ccc(Br)cc1. The lowest BCUT2D eigenvalue weighted by Crippen LogP contribution is -2.51. The molecule has 0 radical (unpaired) electrons. The normalized spacial score (nSPS) is 14.8.